The van der Waals surface area contributed by atoms with Gasteiger partial charge in [0.2, 0.25) is 6.54 Å². The Morgan fingerprint density at radius 2 is 1.80 bits per heavy atom. The quantitative estimate of drug-likeness (QED) is 0.356. The van der Waals surface area contributed by atoms with Gasteiger partial charge in [0.25, 0.3) is 5.91 Å². The van der Waals surface area contributed by atoms with Crippen molar-refractivity contribution in [1.29, 1.82) is 0 Å². The SMILES string of the molecule is C/C=C\C=[N+](C)CC(=O)Nc1c(C)cccc1C.CCCC1CCCCC1.COBr. The summed E-state index contributed by atoms with van der Waals surface area (Å²) in [6.45, 7) is 8.59. The topological polar surface area (TPSA) is 41.3 Å². The first-order valence-corrected chi connectivity index (χ1v) is 11.7. The fourth-order valence-electron chi connectivity index (χ4n) is 3.59. The molecule has 0 unspecified atom stereocenters. The lowest BCUT2D eigenvalue weighted by molar-refractivity contribution is -0.479. The summed E-state index contributed by atoms with van der Waals surface area (Å²) >= 11 is 2.65. The Hall–Kier alpha value is -1.46. The highest BCUT2D eigenvalue weighted by Crippen LogP contribution is 2.26. The zero-order chi connectivity index (χ0) is 22.8. The minimum atomic E-state index is -0.00402. The second-order valence-corrected chi connectivity index (χ2v) is 8.50. The molecule has 1 fully saturated rings. The highest BCUT2D eigenvalue weighted by atomic mass is 79.9. The van der Waals surface area contributed by atoms with E-state index < -0.39 is 0 Å². The molecule has 1 saturated carbocycles. The maximum absolute atomic E-state index is 11.9. The number of hydrogen-bond acceptors (Lipinski definition) is 2. The summed E-state index contributed by atoms with van der Waals surface area (Å²) in [5.74, 6) is 1.10. The summed E-state index contributed by atoms with van der Waals surface area (Å²) in [6.07, 6.45) is 16.2. The van der Waals surface area contributed by atoms with Gasteiger partial charge in [0, 0.05) is 5.69 Å². The fourth-order valence-corrected chi connectivity index (χ4v) is 3.59. The first-order chi connectivity index (χ1) is 14.4. The Bertz CT molecular complexity index is 628. The number of aryl methyl sites for hydroxylation is 2. The van der Waals surface area contributed by atoms with Crippen molar-refractivity contribution in [2.75, 3.05) is 26.0 Å². The maximum atomic E-state index is 11.9. The van der Waals surface area contributed by atoms with Gasteiger partial charge in [0.15, 0.2) is 6.21 Å². The molecule has 170 valence electrons. The van der Waals surface area contributed by atoms with Gasteiger partial charge in [-0.15, -0.1) is 0 Å². The minimum absolute atomic E-state index is 0.00402. The van der Waals surface area contributed by atoms with Crippen molar-refractivity contribution in [2.24, 2.45) is 5.92 Å². The van der Waals surface area contributed by atoms with E-state index in [1.165, 1.54) is 44.9 Å². The molecule has 0 atom stereocenters. The fraction of sp³-hybridized carbons (Fsp3) is 0.600. The van der Waals surface area contributed by atoms with Crippen LogP contribution in [0.15, 0.2) is 30.4 Å². The zero-order valence-electron chi connectivity index (χ0n) is 19.8. The molecule has 1 aliphatic rings. The molecule has 0 spiro atoms. The predicted molar refractivity (Wildman–Crippen MR) is 134 cm³/mol. The molecule has 1 aromatic rings. The Balaban J connectivity index is 0.000000581. The van der Waals surface area contributed by atoms with Crippen LogP contribution in [0.2, 0.25) is 0 Å². The number of carbonyl (C=O) groups is 1. The smallest absolute Gasteiger partial charge is 0.289 e. The molecule has 4 nitrogen and oxygen atoms in total. The molecule has 5 heteroatoms. The maximum Gasteiger partial charge on any atom is 0.289 e. The molecule has 0 aliphatic heterocycles. The van der Waals surface area contributed by atoms with Gasteiger partial charge in [-0.25, -0.2) is 4.58 Å². The van der Waals surface area contributed by atoms with Crippen LogP contribution >= 0.6 is 16.3 Å². The average Bonchev–Trinajstić information content (AvgIpc) is 2.71. The van der Waals surface area contributed by atoms with Crippen molar-refractivity contribution < 1.29 is 13.2 Å². The Morgan fingerprint density at radius 1 is 1.23 bits per heavy atom. The molecule has 1 amide bonds. The van der Waals surface area contributed by atoms with E-state index in [2.05, 4.69) is 32.3 Å². The van der Waals surface area contributed by atoms with Crippen molar-refractivity contribution in [3.05, 3.63) is 41.5 Å². The summed E-state index contributed by atoms with van der Waals surface area (Å²) in [7, 11) is 3.42. The van der Waals surface area contributed by atoms with Crippen molar-refractivity contribution in [1.82, 2.24) is 0 Å². The summed E-state index contributed by atoms with van der Waals surface area (Å²) in [6, 6.07) is 5.99. The van der Waals surface area contributed by atoms with Crippen molar-refractivity contribution in [3.63, 3.8) is 0 Å². The van der Waals surface area contributed by atoms with Crippen molar-refractivity contribution >= 4 is 34.1 Å². The molecule has 0 aromatic heterocycles. The van der Waals surface area contributed by atoms with Gasteiger partial charge in [-0.1, -0.05) is 76.1 Å². The Labute approximate surface area is 193 Å². The van der Waals surface area contributed by atoms with Gasteiger partial charge in [0.05, 0.1) is 23.4 Å². The molecular formula is C25H42BrN2O2+. The number of nitrogens with zero attached hydrogens (tertiary/aromatic N) is 1. The zero-order valence-corrected chi connectivity index (χ0v) is 21.4. The molecule has 2 rings (SSSR count). The normalized spacial score (nSPS) is 14.4. The van der Waals surface area contributed by atoms with Crippen LogP contribution in [0, 0.1) is 19.8 Å². The molecule has 1 aromatic carbocycles. The number of para-hydroxylation sites is 1. The summed E-state index contributed by atoms with van der Waals surface area (Å²) in [5.41, 5.74) is 3.09. The second-order valence-electron chi connectivity index (χ2n) is 7.85. The van der Waals surface area contributed by atoms with E-state index in [1.54, 1.807) is 7.11 Å². The number of rotatable bonds is 6. The lowest BCUT2D eigenvalue weighted by Gasteiger charge is -2.20. The number of carbonyl (C=O) groups excluding carboxylic acids is 1. The lowest BCUT2D eigenvalue weighted by atomic mass is 9.86. The van der Waals surface area contributed by atoms with Crippen LogP contribution < -0.4 is 5.32 Å². The Kier molecular flexibility index (Phi) is 17.4. The first-order valence-electron chi connectivity index (χ1n) is 11.1. The molecule has 1 aliphatic carbocycles. The first kappa shape index (κ1) is 28.5. The molecular weight excluding hydrogens is 440 g/mol. The second kappa shape index (κ2) is 18.3. The number of anilines is 1. The largest absolute Gasteiger partial charge is 0.320 e. The van der Waals surface area contributed by atoms with Gasteiger partial charge in [-0.3, -0.25) is 4.79 Å². The van der Waals surface area contributed by atoms with Crippen LogP contribution in [0.4, 0.5) is 5.69 Å². The number of amides is 1. The van der Waals surface area contributed by atoms with Gasteiger partial charge < -0.3 is 9.15 Å². The summed E-state index contributed by atoms with van der Waals surface area (Å²) in [5, 5.41) is 2.96. The van der Waals surface area contributed by atoms with E-state index in [1.807, 2.05) is 69.0 Å². The number of halogens is 1. The molecule has 1 N–H and O–H groups in total. The summed E-state index contributed by atoms with van der Waals surface area (Å²) < 4.78 is 5.91. The monoisotopic (exact) mass is 481 g/mol. The van der Waals surface area contributed by atoms with Gasteiger partial charge in [0.1, 0.15) is 7.05 Å². The van der Waals surface area contributed by atoms with Crippen LogP contribution in [-0.2, 0) is 8.62 Å². The van der Waals surface area contributed by atoms with Crippen LogP contribution in [-0.4, -0.2) is 37.4 Å². The number of benzene rings is 1. The van der Waals surface area contributed by atoms with Crippen molar-refractivity contribution in [3.8, 4) is 0 Å². The third-order valence-corrected chi connectivity index (χ3v) is 5.09. The van der Waals surface area contributed by atoms with Crippen LogP contribution in [0.25, 0.3) is 0 Å². The van der Waals surface area contributed by atoms with Crippen LogP contribution in [0.1, 0.15) is 69.9 Å². The molecule has 0 heterocycles. The van der Waals surface area contributed by atoms with Crippen LogP contribution in [0.5, 0.6) is 0 Å². The third-order valence-electron chi connectivity index (χ3n) is 5.09. The van der Waals surface area contributed by atoms with Gasteiger partial charge in [-0.2, -0.15) is 0 Å². The summed E-state index contributed by atoms with van der Waals surface area (Å²) in [4.78, 5) is 11.9. The van der Waals surface area contributed by atoms with E-state index >= 15 is 0 Å². The number of hydrogen-bond donors (Lipinski definition) is 1. The van der Waals surface area contributed by atoms with Gasteiger partial charge in [-0.05, 0) is 43.9 Å². The standard InChI is InChI=1S/C15H20N2O.C9H18.CH3BrO/c1-5-6-10-17(4)11-14(18)16-15-12(2)8-7-9-13(15)3;1-2-6-9-7-4-3-5-8-9;1-3-2/h5-10H,11H2,1-4H3;9H,2-8H2,1H3;1H3/p+1/b6-5-,17-10?;;. The van der Waals surface area contributed by atoms with E-state index in [-0.39, 0.29) is 5.91 Å². The Morgan fingerprint density at radius 3 is 2.30 bits per heavy atom. The lowest BCUT2D eigenvalue weighted by Crippen LogP contribution is -2.25. The van der Waals surface area contributed by atoms with E-state index in [4.69, 9.17) is 0 Å². The highest BCUT2D eigenvalue weighted by Gasteiger charge is 2.11. The number of likely N-dealkylation sites (N-methyl/N-ethyl adjacent to an activating group) is 1. The predicted octanol–water partition coefficient (Wildman–Crippen LogP) is 6.84. The molecule has 30 heavy (non-hydrogen) atoms. The molecule has 0 bridgehead atoms. The van der Waals surface area contributed by atoms with Gasteiger partial charge >= 0.3 is 0 Å². The van der Waals surface area contributed by atoms with E-state index in [0.29, 0.717) is 6.54 Å². The van der Waals surface area contributed by atoms with Crippen LogP contribution in [0.3, 0.4) is 0 Å². The molecule has 0 radical (unpaired) electrons. The number of allylic oxidation sites excluding steroid dienone is 2. The van der Waals surface area contributed by atoms with Crippen molar-refractivity contribution in [2.45, 2.75) is 72.6 Å². The molecule has 0 saturated heterocycles. The average molecular weight is 483 g/mol. The van der Waals surface area contributed by atoms with E-state index in [9.17, 15) is 4.79 Å². The number of nitrogens with one attached hydrogen (secondary N) is 1. The highest BCUT2D eigenvalue weighted by molar-refractivity contribution is 9.06. The van der Waals surface area contributed by atoms with E-state index in [0.717, 1.165) is 22.7 Å². The minimum Gasteiger partial charge on any atom is -0.320 e. The third kappa shape index (κ3) is 13.7.